The number of carbonyl (C=O) groups is 2. The molecule has 1 unspecified atom stereocenters. The van der Waals surface area contributed by atoms with Crippen molar-refractivity contribution in [1.29, 1.82) is 0 Å². The molecule has 1 atom stereocenters. The predicted molar refractivity (Wildman–Crippen MR) is 106 cm³/mol. The van der Waals surface area contributed by atoms with E-state index in [0.717, 1.165) is 12.8 Å². The first-order valence-corrected chi connectivity index (χ1v) is 9.80. The molecule has 1 saturated carbocycles. The van der Waals surface area contributed by atoms with Crippen molar-refractivity contribution in [1.82, 2.24) is 19.9 Å². The molecule has 7 nitrogen and oxygen atoms in total. The summed E-state index contributed by atoms with van der Waals surface area (Å²) in [5, 5.41) is 6.05. The van der Waals surface area contributed by atoms with E-state index >= 15 is 0 Å². The molecule has 0 aliphatic heterocycles. The van der Waals surface area contributed by atoms with Crippen molar-refractivity contribution in [2.45, 2.75) is 44.8 Å². The van der Waals surface area contributed by atoms with Crippen molar-refractivity contribution in [2.24, 2.45) is 0 Å². The standard InChI is InChI=1S/C21H19F3N4O3/c1-11-15(19(30)26-13-9-5-6-10-14(13)29)20(31)28-18(25-11)16(12-7-3-2-4-8-12)17(27-28)21(22,23)24/h2-4,7-8,13,25H,5-6,9-10H2,1H3,(H,26,30). The highest BCUT2D eigenvalue weighted by Crippen LogP contribution is 2.38. The summed E-state index contributed by atoms with van der Waals surface area (Å²) in [6.07, 6.45) is -2.51. The van der Waals surface area contributed by atoms with Gasteiger partial charge in [0.15, 0.2) is 11.5 Å². The highest BCUT2D eigenvalue weighted by Gasteiger charge is 2.39. The predicted octanol–water partition coefficient (Wildman–Crippen LogP) is 3.26. The van der Waals surface area contributed by atoms with Crippen LogP contribution in [-0.2, 0) is 11.0 Å². The number of benzene rings is 1. The van der Waals surface area contributed by atoms with E-state index in [1.165, 1.54) is 19.1 Å². The third-order valence-corrected chi connectivity index (χ3v) is 5.39. The maximum absolute atomic E-state index is 13.7. The lowest BCUT2D eigenvalue weighted by Gasteiger charge is -2.21. The van der Waals surface area contributed by atoms with Gasteiger partial charge in [0.05, 0.1) is 11.6 Å². The second-order valence-electron chi connectivity index (χ2n) is 7.52. The van der Waals surface area contributed by atoms with Gasteiger partial charge in [0.2, 0.25) is 0 Å². The molecular weight excluding hydrogens is 413 g/mol. The van der Waals surface area contributed by atoms with Crippen molar-refractivity contribution in [3.63, 3.8) is 0 Å². The third kappa shape index (κ3) is 3.73. The highest BCUT2D eigenvalue weighted by atomic mass is 19.4. The van der Waals surface area contributed by atoms with E-state index in [0.29, 0.717) is 17.4 Å². The molecule has 162 valence electrons. The SMILES string of the molecule is Cc1[nH]c2c(-c3ccccc3)c(C(F)(F)F)nn2c(=O)c1C(=O)NC1CCCCC1=O. The smallest absolute Gasteiger partial charge is 0.342 e. The Morgan fingerprint density at radius 1 is 1.19 bits per heavy atom. The van der Waals surface area contributed by atoms with Gasteiger partial charge < -0.3 is 10.3 Å². The molecule has 1 aromatic carbocycles. The van der Waals surface area contributed by atoms with Crippen LogP contribution in [0.15, 0.2) is 35.1 Å². The number of nitrogens with zero attached hydrogens (tertiary/aromatic N) is 2. The number of hydrogen-bond acceptors (Lipinski definition) is 4. The largest absolute Gasteiger partial charge is 0.435 e. The van der Waals surface area contributed by atoms with Gasteiger partial charge in [-0.3, -0.25) is 14.4 Å². The molecule has 0 bridgehead atoms. The average Bonchev–Trinajstić information content (AvgIpc) is 3.10. The molecule has 0 radical (unpaired) electrons. The van der Waals surface area contributed by atoms with Gasteiger partial charge in [0.25, 0.3) is 11.5 Å². The number of aromatic amines is 1. The molecule has 1 aliphatic rings. The number of Topliss-reactive ketones (excluding diaryl/α,β-unsaturated/α-hetero) is 1. The summed E-state index contributed by atoms with van der Waals surface area (Å²) in [5.74, 6) is -0.939. The van der Waals surface area contributed by atoms with Gasteiger partial charge in [0, 0.05) is 12.1 Å². The lowest BCUT2D eigenvalue weighted by atomic mass is 9.94. The first-order chi connectivity index (χ1) is 14.7. The van der Waals surface area contributed by atoms with E-state index in [1.54, 1.807) is 18.2 Å². The maximum atomic E-state index is 13.7. The summed E-state index contributed by atoms with van der Waals surface area (Å²) in [5.41, 5.74) is -2.71. The fraction of sp³-hybridized carbons (Fsp3) is 0.333. The monoisotopic (exact) mass is 432 g/mol. The molecule has 31 heavy (non-hydrogen) atoms. The van der Waals surface area contributed by atoms with Crippen LogP contribution in [0.4, 0.5) is 13.2 Å². The van der Waals surface area contributed by atoms with Gasteiger partial charge in [-0.1, -0.05) is 36.8 Å². The summed E-state index contributed by atoms with van der Waals surface area (Å²) in [6.45, 7) is 1.42. The Hall–Kier alpha value is -3.43. The van der Waals surface area contributed by atoms with Crippen LogP contribution in [0, 0.1) is 6.92 Å². The summed E-state index contributed by atoms with van der Waals surface area (Å²) in [4.78, 5) is 40.5. The van der Waals surface area contributed by atoms with Gasteiger partial charge in [-0.2, -0.15) is 22.8 Å². The van der Waals surface area contributed by atoms with Gasteiger partial charge in [-0.15, -0.1) is 0 Å². The average molecular weight is 432 g/mol. The number of hydrogen-bond donors (Lipinski definition) is 2. The van der Waals surface area contributed by atoms with Gasteiger partial charge >= 0.3 is 6.18 Å². The molecule has 2 heterocycles. The number of fused-ring (bicyclic) bond motifs is 1. The normalized spacial score (nSPS) is 17.2. The lowest BCUT2D eigenvalue weighted by molar-refractivity contribution is -0.140. The van der Waals surface area contributed by atoms with E-state index < -0.39 is 29.4 Å². The number of halogens is 3. The molecule has 10 heteroatoms. The molecule has 0 saturated heterocycles. The van der Waals surface area contributed by atoms with Crippen LogP contribution in [-0.4, -0.2) is 32.3 Å². The van der Waals surface area contributed by atoms with Crippen LogP contribution in [0.1, 0.15) is 47.4 Å². The number of nitrogens with one attached hydrogen (secondary N) is 2. The first kappa shape index (κ1) is 20.8. The van der Waals surface area contributed by atoms with Gasteiger partial charge in [0.1, 0.15) is 11.2 Å². The van der Waals surface area contributed by atoms with Gasteiger partial charge in [-0.05, 0) is 25.3 Å². The zero-order valence-electron chi connectivity index (χ0n) is 16.5. The van der Waals surface area contributed by atoms with E-state index in [-0.39, 0.29) is 33.8 Å². The molecule has 1 fully saturated rings. The van der Waals surface area contributed by atoms with Crippen molar-refractivity contribution < 1.29 is 22.8 Å². The quantitative estimate of drug-likeness (QED) is 0.664. The fourth-order valence-corrected chi connectivity index (χ4v) is 3.90. The Labute approximate surface area is 174 Å². The highest BCUT2D eigenvalue weighted by molar-refractivity contribution is 5.99. The van der Waals surface area contributed by atoms with E-state index in [4.69, 9.17) is 0 Å². The number of carbonyl (C=O) groups excluding carboxylic acids is 2. The topological polar surface area (TPSA) is 96.3 Å². The molecule has 0 spiro atoms. The number of H-pyrrole nitrogens is 1. The second kappa shape index (κ2) is 7.68. The Morgan fingerprint density at radius 2 is 1.90 bits per heavy atom. The number of rotatable bonds is 3. The number of aromatic nitrogens is 3. The number of alkyl halides is 3. The van der Waals surface area contributed by atoms with E-state index in [9.17, 15) is 27.6 Å². The second-order valence-corrected chi connectivity index (χ2v) is 7.52. The van der Waals surface area contributed by atoms with E-state index in [1.807, 2.05) is 0 Å². The van der Waals surface area contributed by atoms with E-state index in [2.05, 4.69) is 15.4 Å². The first-order valence-electron chi connectivity index (χ1n) is 9.80. The van der Waals surface area contributed by atoms with Crippen LogP contribution in [0.25, 0.3) is 16.8 Å². The Balaban J connectivity index is 1.87. The minimum absolute atomic E-state index is 0.0871. The minimum atomic E-state index is -4.82. The number of ketones is 1. The third-order valence-electron chi connectivity index (χ3n) is 5.39. The van der Waals surface area contributed by atoms with Crippen molar-refractivity contribution in [3.8, 4) is 11.1 Å². The van der Waals surface area contributed by atoms with Crippen molar-refractivity contribution >= 4 is 17.3 Å². The Bertz CT molecular complexity index is 1230. The summed E-state index contributed by atoms with van der Waals surface area (Å²) >= 11 is 0. The van der Waals surface area contributed by atoms with Crippen molar-refractivity contribution in [2.75, 3.05) is 0 Å². The molecule has 4 rings (SSSR count). The van der Waals surface area contributed by atoms with Crippen LogP contribution in [0.3, 0.4) is 0 Å². The number of amides is 1. The Kier molecular flexibility index (Phi) is 5.16. The summed E-state index contributed by atoms with van der Waals surface area (Å²) < 4.78 is 41.7. The minimum Gasteiger partial charge on any atom is -0.342 e. The lowest BCUT2D eigenvalue weighted by Crippen LogP contribution is -2.44. The summed E-state index contributed by atoms with van der Waals surface area (Å²) in [7, 11) is 0. The van der Waals surface area contributed by atoms with Crippen LogP contribution in [0.2, 0.25) is 0 Å². The zero-order chi connectivity index (χ0) is 22.3. The summed E-state index contributed by atoms with van der Waals surface area (Å²) in [6, 6.07) is 7.06. The molecule has 3 aromatic rings. The van der Waals surface area contributed by atoms with Crippen LogP contribution >= 0.6 is 0 Å². The molecule has 1 aliphatic carbocycles. The Morgan fingerprint density at radius 3 is 2.55 bits per heavy atom. The molecular formula is C21H19F3N4O3. The number of aryl methyl sites for hydroxylation is 1. The van der Waals surface area contributed by atoms with Crippen LogP contribution in [0.5, 0.6) is 0 Å². The zero-order valence-corrected chi connectivity index (χ0v) is 16.5. The van der Waals surface area contributed by atoms with Crippen molar-refractivity contribution in [3.05, 3.63) is 57.6 Å². The van der Waals surface area contributed by atoms with Crippen LogP contribution < -0.4 is 10.9 Å². The fourth-order valence-electron chi connectivity index (χ4n) is 3.90. The molecule has 2 N–H and O–H groups in total. The molecule has 1 amide bonds. The molecule has 2 aromatic heterocycles. The maximum Gasteiger partial charge on any atom is 0.435 e. The van der Waals surface area contributed by atoms with Gasteiger partial charge in [-0.25, -0.2) is 0 Å².